The molecule has 2 heterocycles. The molecule has 0 N–H and O–H groups in total. The maximum Gasteiger partial charge on any atom is 0.290 e. The highest BCUT2D eigenvalue weighted by molar-refractivity contribution is 6.37. The van der Waals surface area contributed by atoms with Crippen molar-refractivity contribution in [2.75, 3.05) is 6.54 Å². The summed E-state index contributed by atoms with van der Waals surface area (Å²) in [6, 6.07) is 0. The van der Waals surface area contributed by atoms with E-state index in [-0.39, 0.29) is 5.78 Å². The van der Waals surface area contributed by atoms with Crippen molar-refractivity contribution in [2.24, 2.45) is 0 Å². The molecule has 1 aromatic heterocycles. The molecule has 1 aliphatic heterocycles. The van der Waals surface area contributed by atoms with Gasteiger partial charge in [0.2, 0.25) is 11.7 Å². The number of aryl methyl sites for hydroxylation is 2. The number of amides is 1. The Labute approximate surface area is 87.1 Å². The summed E-state index contributed by atoms with van der Waals surface area (Å²) in [5.74, 6) is 0.495. The molecule has 15 heavy (non-hydrogen) atoms. The van der Waals surface area contributed by atoms with Crippen LogP contribution in [0.15, 0.2) is 4.42 Å². The van der Waals surface area contributed by atoms with Crippen LogP contribution in [-0.2, 0) is 16.1 Å². The molecule has 1 fully saturated rings. The molecule has 0 saturated carbocycles. The number of aromatic nitrogens is 1. The van der Waals surface area contributed by atoms with Crippen molar-refractivity contribution in [2.45, 2.75) is 26.8 Å². The predicted molar refractivity (Wildman–Crippen MR) is 51.0 cm³/mol. The minimum absolute atomic E-state index is 0.291. The van der Waals surface area contributed by atoms with Crippen LogP contribution in [0.5, 0.6) is 0 Å². The zero-order valence-electron chi connectivity index (χ0n) is 8.74. The van der Waals surface area contributed by atoms with Gasteiger partial charge in [0, 0.05) is 13.0 Å². The lowest BCUT2D eigenvalue weighted by molar-refractivity contribution is -0.140. The van der Waals surface area contributed by atoms with E-state index in [0.29, 0.717) is 25.4 Å². The average molecular weight is 208 g/mol. The maximum atomic E-state index is 11.3. The molecular formula is C10H12N2O3. The number of nitrogens with zero attached hydrogens (tertiary/aromatic N) is 2. The van der Waals surface area contributed by atoms with Crippen LogP contribution < -0.4 is 0 Å². The summed E-state index contributed by atoms with van der Waals surface area (Å²) >= 11 is 0. The summed E-state index contributed by atoms with van der Waals surface area (Å²) in [7, 11) is 0. The van der Waals surface area contributed by atoms with Crippen molar-refractivity contribution in [1.29, 1.82) is 0 Å². The Hall–Kier alpha value is -1.65. The first-order valence-corrected chi connectivity index (χ1v) is 4.83. The first kappa shape index (κ1) is 9.89. The zero-order valence-corrected chi connectivity index (χ0v) is 8.74. The Balaban J connectivity index is 2.09. The van der Waals surface area contributed by atoms with Gasteiger partial charge in [0.05, 0.1) is 12.2 Å². The number of ketones is 1. The Morgan fingerprint density at radius 2 is 2.13 bits per heavy atom. The van der Waals surface area contributed by atoms with Crippen LogP contribution in [0.4, 0.5) is 0 Å². The van der Waals surface area contributed by atoms with Gasteiger partial charge in [0.25, 0.3) is 5.91 Å². The van der Waals surface area contributed by atoms with Crippen molar-refractivity contribution >= 4 is 11.7 Å². The minimum Gasteiger partial charge on any atom is -0.444 e. The average Bonchev–Trinajstić information content (AvgIpc) is 2.65. The first-order chi connectivity index (χ1) is 7.08. The minimum atomic E-state index is -0.427. The molecule has 0 bridgehead atoms. The molecule has 1 amide bonds. The molecule has 5 heteroatoms. The summed E-state index contributed by atoms with van der Waals surface area (Å²) in [6.45, 7) is 4.43. The molecule has 0 aliphatic carbocycles. The van der Waals surface area contributed by atoms with E-state index in [1.165, 1.54) is 4.90 Å². The second-order valence-electron chi connectivity index (χ2n) is 3.65. The summed E-state index contributed by atoms with van der Waals surface area (Å²) in [5, 5.41) is 0. The van der Waals surface area contributed by atoms with E-state index < -0.39 is 5.91 Å². The molecule has 1 saturated heterocycles. The van der Waals surface area contributed by atoms with Gasteiger partial charge in [-0.15, -0.1) is 0 Å². The molecule has 1 aromatic rings. The third-order valence-electron chi connectivity index (χ3n) is 2.53. The molecule has 2 rings (SSSR count). The summed E-state index contributed by atoms with van der Waals surface area (Å²) < 4.78 is 5.34. The monoisotopic (exact) mass is 208 g/mol. The van der Waals surface area contributed by atoms with Crippen molar-refractivity contribution in [3.63, 3.8) is 0 Å². The highest BCUT2D eigenvalue weighted by atomic mass is 16.4. The summed E-state index contributed by atoms with van der Waals surface area (Å²) in [6.07, 6.45) is 0.303. The van der Waals surface area contributed by atoms with Gasteiger partial charge >= 0.3 is 0 Å². The number of rotatable bonds is 2. The number of hydrogen-bond donors (Lipinski definition) is 0. The second kappa shape index (κ2) is 3.49. The summed E-state index contributed by atoms with van der Waals surface area (Å²) in [5.41, 5.74) is 0.822. The van der Waals surface area contributed by atoms with E-state index in [2.05, 4.69) is 4.98 Å². The van der Waals surface area contributed by atoms with Crippen molar-refractivity contribution in [1.82, 2.24) is 9.88 Å². The second-order valence-corrected chi connectivity index (χ2v) is 3.65. The van der Waals surface area contributed by atoms with Gasteiger partial charge in [0.1, 0.15) is 5.76 Å². The van der Waals surface area contributed by atoms with Gasteiger partial charge in [0.15, 0.2) is 0 Å². The number of carbonyl (C=O) groups excluding carboxylic acids is 2. The Kier molecular flexibility index (Phi) is 2.30. The fourth-order valence-corrected chi connectivity index (χ4v) is 1.54. The van der Waals surface area contributed by atoms with Gasteiger partial charge in [-0.2, -0.15) is 0 Å². The van der Waals surface area contributed by atoms with Crippen LogP contribution in [0.1, 0.15) is 23.8 Å². The van der Waals surface area contributed by atoms with Gasteiger partial charge in [-0.25, -0.2) is 4.98 Å². The lowest BCUT2D eigenvalue weighted by Gasteiger charge is -2.10. The van der Waals surface area contributed by atoms with Crippen LogP contribution in [-0.4, -0.2) is 28.1 Å². The van der Waals surface area contributed by atoms with E-state index in [9.17, 15) is 9.59 Å². The van der Waals surface area contributed by atoms with Crippen molar-refractivity contribution < 1.29 is 14.0 Å². The number of carbonyl (C=O) groups is 2. The third-order valence-corrected chi connectivity index (χ3v) is 2.53. The highest BCUT2D eigenvalue weighted by Gasteiger charge is 2.30. The van der Waals surface area contributed by atoms with E-state index in [4.69, 9.17) is 4.42 Å². The Morgan fingerprint density at radius 3 is 2.60 bits per heavy atom. The predicted octanol–water partition coefficient (Wildman–Crippen LogP) is 0.593. The number of hydrogen-bond acceptors (Lipinski definition) is 4. The molecule has 5 nitrogen and oxygen atoms in total. The standard InChI is InChI=1S/C10H12N2O3/c1-6-7(2)15-9(11-6)5-12-4-3-8(13)10(12)14/h3-5H2,1-2H3. The zero-order chi connectivity index (χ0) is 11.0. The molecule has 0 radical (unpaired) electrons. The lowest BCUT2D eigenvalue weighted by atomic mass is 10.3. The normalized spacial score (nSPS) is 16.5. The van der Waals surface area contributed by atoms with Crippen LogP contribution >= 0.6 is 0 Å². The molecular weight excluding hydrogens is 196 g/mol. The topological polar surface area (TPSA) is 63.4 Å². The van der Waals surface area contributed by atoms with E-state index in [0.717, 1.165) is 11.5 Å². The van der Waals surface area contributed by atoms with Crippen molar-refractivity contribution in [3.05, 3.63) is 17.3 Å². The fraction of sp³-hybridized carbons (Fsp3) is 0.500. The van der Waals surface area contributed by atoms with Crippen LogP contribution in [0.3, 0.4) is 0 Å². The number of Topliss-reactive ketones (excluding diaryl/α,β-unsaturated/α-hetero) is 1. The largest absolute Gasteiger partial charge is 0.444 e. The van der Waals surface area contributed by atoms with Crippen LogP contribution in [0, 0.1) is 13.8 Å². The molecule has 80 valence electrons. The quantitative estimate of drug-likeness (QED) is 0.667. The maximum absolute atomic E-state index is 11.3. The van der Waals surface area contributed by atoms with Crippen LogP contribution in [0.25, 0.3) is 0 Å². The fourth-order valence-electron chi connectivity index (χ4n) is 1.54. The Bertz CT molecular complexity index is 403. The highest BCUT2D eigenvalue weighted by Crippen LogP contribution is 2.14. The molecule has 0 unspecified atom stereocenters. The Morgan fingerprint density at radius 1 is 1.40 bits per heavy atom. The number of oxazole rings is 1. The molecule has 0 atom stereocenters. The summed E-state index contributed by atoms with van der Waals surface area (Å²) in [4.78, 5) is 27.9. The molecule has 0 spiro atoms. The lowest BCUT2D eigenvalue weighted by Crippen LogP contribution is -2.26. The SMILES string of the molecule is Cc1nc(CN2CCC(=O)C2=O)oc1C. The number of likely N-dealkylation sites (tertiary alicyclic amines) is 1. The van der Waals surface area contributed by atoms with Crippen LogP contribution in [0.2, 0.25) is 0 Å². The third kappa shape index (κ3) is 1.77. The van der Waals surface area contributed by atoms with E-state index in [1.54, 1.807) is 0 Å². The van der Waals surface area contributed by atoms with E-state index >= 15 is 0 Å². The van der Waals surface area contributed by atoms with Gasteiger partial charge in [-0.05, 0) is 13.8 Å². The van der Waals surface area contributed by atoms with Gasteiger partial charge < -0.3 is 9.32 Å². The van der Waals surface area contributed by atoms with Gasteiger partial charge in [-0.1, -0.05) is 0 Å². The first-order valence-electron chi connectivity index (χ1n) is 4.83. The van der Waals surface area contributed by atoms with E-state index in [1.807, 2.05) is 13.8 Å². The molecule has 0 aromatic carbocycles. The smallest absolute Gasteiger partial charge is 0.290 e. The van der Waals surface area contributed by atoms with Gasteiger partial charge in [-0.3, -0.25) is 9.59 Å². The van der Waals surface area contributed by atoms with Crippen molar-refractivity contribution in [3.8, 4) is 0 Å². The molecule has 1 aliphatic rings.